The van der Waals surface area contributed by atoms with Crippen molar-refractivity contribution in [2.75, 3.05) is 5.32 Å². The summed E-state index contributed by atoms with van der Waals surface area (Å²) in [4.78, 5) is 12.0. The Morgan fingerprint density at radius 2 is 1.86 bits per heavy atom. The van der Waals surface area contributed by atoms with E-state index in [-0.39, 0.29) is 11.7 Å². The van der Waals surface area contributed by atoms with E-state index < -0.39 is 10.5 Å². The molecule has 0 aliphatic heterocycles. The summed E-state index contributed by atoms with van der Waals surface area (Å²) in [5.41, 5.74) is 0.742. The van der Waals surface area contributed by atoms with E-state index in [0.717, 1.165) is 3.57 Å². The molecule has 1 amide bonds. The van der Waals surface area contributed by atoms with E-state index in [1.54, 1.807) is 18.2 Å². The van der Waals surface area contributed by atoms with E-state index >= 15 is 0 Å². The summed E-state index contributed by atoms with van der Waals surface area (Å²) < 4.78 is 38.3. The molecule has 0 bridgehead atoms. The van der Waals surface area contributed by atoms with Crippen LogP contribution < -0.4 is 9.50 Å². The molecule has 0 fully saturated rings. The number of hydrogen-bond acceptors (Lipinski definition) is 4. The number of benzene rings is 2. The van der Waals surface area contributed by atoms with Crippen molar-refractivity contribution >= 4 is 44.7 Å². The lowest BCUT2D eigenvalue weighted by atomic mass is 10.2. The lowest BCUT2D eigenvalue weighted by Crippen LogP contribution is -2.12. The summed E-state index contributed by atoms with van der Waals surface area (Å²) in [6, 6.07) is 12.4. The van der Waals surface area contributed by atoms with Crippen molar-refractivity contribution in [1.29, 1.82) is 0 Å². The zero-order valence-corrected chi connectivity index (χ0v) is 13.4. The molecule has 0 radical (unpaired) electrons. The number of hydrogen-bond donors (Lipinski definition) is 1. The van der Waals surface area contributed by atoms with Gasteiger partial charge in [0.25, 0.3) is 5.91 Å². The van der Waals surface area contributed by atoms with Crippen molar-refractivity contribution in [1.82, 2.24) is 0 Å². The number of anilines is 1. The zero-order chi connectivity index (χ0) is 15.5. The lowest BCUT2D eigenvalue weighted by Gasteiger charge is -2.07. The van der Waals surface area contributed by atoms with E-state index in [9.17, 15) is 17.1 Å². The average molecular weight is 421 g/mol. The molecular weight excluding hydrogens is 412 g/mol. The molecule has 0 heterocycles. The van der Waals surface area contributed by atoms with Crippen molar-refractivity contribution in [3.63, 3.8) is 0 Å². The second kappa shape index (κ2) is 6.39. The highest BCUT2D eigenvalue weighted by Crippen LogP contribution is 2.20. The van der Waals surface area contributed by atoms with Gasteiger partial charge in [0.2, 0.25) is 0 Å². The van der Waals surface area contributed by atoms with Crippen LogP contribution in [0.3, 0.4) is 0 Å². The molecule has 0 aliphatic rings. The van der Waals surface area contributed by atoms with Gasteiger partial charge in [-0.3, -0.25) is 4.79 Å². The van der Waals surface area contributed by atoms with Crippen molar-refractivity contribution < 1.29 is 21.3 Å². The average Bonchev–Trinajstić information content (AvgIpc) is 2.37. The minimum atomic E-state index is -5.09. The van der Waals surface area contributed by atoms with Crippen LogP contribution in [0.5, 0.6) is 5.75 Å². The quantitative estimate of drug-likeness (QED) is 0.609. The number of carbonyl (C=O) groups excluding carboxylic acids is 1. The van der Waals surface area contributed by atoms with E-state index in [2.05, 4.69) is 32.1 Å². The van der Waals surface area contributed by atoms with E-state index in [4.69, 9.17) is 0 Å². The minimum Gasteiger partial charge on any atom is -0.358 e. The first-order valence-corrected chi connectivity index (χ1v) is 8.03. The van der Waals surface area contributed by atoms with E-state index in [1.165, 1.54) is 24.3 Å². The number of carbonyl (C=O) groups is 1. The Balaban J connectivity index is 2.16. The van der Waals surface area contributed by atoms with Crippen molar-refractivity contribution in [2.45, 2.75) is 0 Å². The Bertz CT molecular complexity index is 779. The zero-order valence-electron chi connectivity index (χ0n) is 10.4. The lowest BCUT2D eigenvalue weighted by molar-refractivity contribution is 0.102. The van der Waals surface area contributed by atoms with Crippen LogP contribution in [0, 0.1) is 3.57 Å². The predicted octanol–water partition coefficient (Wildman–Crippen LogP) is 3.14. The van der Waals surface area contributed by atoms with Gasteiger partial charge in [-0.1, -0.05) is 16.0 Å². The van der Waals surface area contributed by atoms with Gasteiger partial charge in [0.15, 0.2) is 0 Å². The van der Waals surface area contributed by atoms with Crippen LogP contribution in [0.15, 0.2) is 48.5 Å². The normalized spacial score (nSPS) is 11.0. The molecule has 2 aromatic rings. The Morgan fingerprint density at radius 1 is 1.14 bits per heavy atom. The topological polar surface area (TPSA) is 72.5 Å². The SMILES string of the molecule is O=C(Nc1cccc(OS(=O)(=O)F)c1)c1cccc(I)c1. The van der Waals surface area contributed by atoms with E-state index in [0.29, 0.717) is 11.3 Å². The van der Waals surface area contributed by atoms with Gasteiger partial charge < -0.3 is 9.50 Å². The Kier molecular flexibility index (Phi) is 4.78. The maximum absolute atomic E-state index is 12.4. The molecule has 0 aromatic heterocycles. The number of nitrogens with one attached hydrogen (secondary N) is 1. The fourth-order valence-corrected chi connectivity index (χ4v) is 2.45. The molecule has 2 rings (SSSR count). The molecule has 0 saturated carbocycles. The second-order valence-corrected chi connectivity index (χ2v) is 6.17. The van der Waals surface area contributed by atoms with Crippen molar-refractivity contribution in [3.8, 4) is 5.75 Å². The second-order valence-electron chi connectivity index (χ2n) is 3.97. The standard InChI is InChI=1S/C13H9FINO4S/c14-21(18,19)20-12-6-2-5-11(8-12)16-13(17)9-3-1-4-10(15)7-9/h1-8H,(H,16,17). The maximum Gasteiger partial charge on any atom is 0.488 e. The molecule has 2 aromatic carbocycles. The molecule has 0 spiro atoms. The fraction of sp³-hybridized carbons (Fsp3) is 0. The highest BCUT2D eigenvalue weighted by atomic mass is 127. The van der Waals surface area contributed by atoms with Gasteiger partial charge >= 0.3 is 10.5 Å². The van der Waals surface area contributed by atoms with Crippen LogP contribution in [0.4, 0.5) is 9.57 Å². The molecule has 0 saturated heterocycles. The highest BCUT2D eigenvalue weighted by Gasteiger charge is 2.11. The number of halogens is 2. The Hall–Kier alpha value is -1.68. The van der Waals surface area contributed by atoms with Crippen LogP contribution in [-0.4, -0.2) is 14.3 Å². The van der Waals surface area contributed by atoms with Gasteiger partial charge in [0.05, 0.1) is 0 Å². The Labute approximate surface area is 134 Å². The molecule has 0 unspecified atom stereocenters. The predicted molar refractivity (Wildman–Crippen MR) is 84.2 cm³/mol. The smallest absolute Gasteiger partial charge is 0.358 e. The summed E-state index contributed by atoms with van der Waals surface area (Å²) in [5, 5.41) is 2.57. The van der Waals surface area contributed by atoms with Crippen LogP contribution in [0.2, 0.25) is 0 Å². The first kappa shape index (κ1) is 15.7. The van der Waals surface area contributed by atoms with Gasteiger partial charge in [-0.15, -0.1) is 0 Å². The molecule has 1 N–H and O–H groups in total. The van der Waals surface area contributed by atoms with Gasteiger partial charge in [-0.2, -0.15) is 8.42 Å². The number of amides is 1. The van der Waals surface area contributed by atoms with Crippen LogP contribution in [0.1, 0.15) is 10.4 Å². The largest absolute Gasteiger partial charge is 0.488 e. The van der Waals surface area contributed by atoms with Gasteiger partial charge in [-0.25, -0.2) is 0 Å². The molecule has 8 heteroatoms. The maximum atomic E-state index is 12.4. The molecule has 5 nitrogen and oxygen atoms in total. The monoisotopic (exact) mass is 421 g/mol. The minimum absolute atomic E-state index is 0.224. The molecule has 110 valence electrons. The molecular formula is C13H9FINO4S. The summed E-state index contributed by atoms with van der Waals surface area (Å²) in [6.07, 6.45) is 0. The molecule has 21 heavy (non-hydrogen) atoms. The third-order valence-corrected chi connectivity index (χ3v) is 3.44. The first-order chi connectivity index (χ1) is 9.83. The van der Waals surface area contributed by atoms with Crippen LogP contribution in [-0.2, 0) is 10.5 Å². The fourth-order valence-electron chi connectivity index (χ4n) is 1.57. The summed E-state index contributed by atoms with van der Waals surface area (Å²) in [7, 11) is -5.09. The summed E-state index contributed by atoms with van der Waals surface area (Å²) in [6.45, 7) is 0. The Morgan fingerprint density at radius 3 is 2.52 bits per heavy atom. The van der Waals surface area contributed by atoms with Gasteiger partial charge in [-0.05, 0) is 52.9 Å². The van der Waals surface area contributed by atoms with Crippen LogP contribution >= 0.6 is 22.6 Å². The number of rotatable bonds is 4. The summed E-state index contributed by atoms with van der Waals surface area (Å²) in [5.74, 6) is -0.591. The van der Waals surface area contributed by atoms with Gasteiger partial charge in [0, 0.05) is 20.9 Å². The van der Waals surface area contributed by atoms with E-state index in [1.807, 2.05) is 6.07 Å². The third-order valence-electron chi connectivity index (χ3n) is 2.37. The summed E-state index contributed by atoms with van der Waals surface area (Å²) >= 11 is 2.08. The van der Waals surface area contributed by atoms with Crippen LogP contribution in [0.25, 0.3) is 0 Å². The third kappa shape index (κ3) is 4.97. The first-order valence-electron chi connectivity index (χ1n) is 5.64. The van der Waals surface area contributed by atoms with Gasteiger partial charge in [0.1, 0.15) is 5.75 Å². The molecule has 0 aliphatic carbocycles. The van der Waals surface area contributed by atoms with Crippen molar-refractivity contribution in [2.24, 2.45) is 0 Å². The van der Waals surface area contributed by atoms with Crippen molar-refractivity contribution in [3.05, 3.63) is 57.7 Å². The highest BCUT2D eigenvalue weighted by molar-refractivity contribution is 14.1. The molecule has 0 atom stereocenters.